The van der Waals surface area contributed by atoms with Crippen molar-refractivity contribution in [2.75, 3.05) is 38.2 Å². The molecule has 3 heterocycles. The summed E-state index contributed by atoms with van der Waals surface area (Å²) < 4.78 is 19.6. The molecule has 1 aromatic heterocycles. The van der Waals surface area contributed by atoms with Crippen LogP contribution in [0.2, 0.25) is 5.02 Å². The maximum atomic E-state index is 14.2. The van der Waals surface area contributed by atoms with Crippen LogP contribution >= 0.6 is 11.6 Å². The van der Waals surface area contributed by atoms with Crippen LogP contribution in [0.25, 0.3) is 0 Å². The van der Waals surface area contributed by atoms with Crippen molar-refractivity contribution in [3.05, 3.63) is 58.5 Å². The molecule has 0 atom stereocenters. The molecule has 2 aliphatic heterocycles. The van der Waals surface area contributed by atoms with Crippen LogP contribution in [-0.4, -0.2) is 59.0 Å². The van der Waals surface area contributed by atoms with Gasteiger partial charge in [0.15, 0.2) is 0 Å². The molecule has 0 unspecified atom stereocenters. The Morgan fingerprint density at radius 1 is 1.27 bits per heavy atom. The third kappa shape index (κ3) is 3.97. The summed E-state index contributed by atoms with van der Waals surface area (Å²) in [6.07, 6.45) is 1.34. The first kappa shape index (κ1) is 20.6. The molecule has 0 spiro atoms. The third-order valence-corrected chi connectivity index (χ3v) is 5.85. The largest absolute Gasteiger partial charge is 0.467 e. The minimum absolute atomic E-state index is 0.0620. The van der Waals surface area contributed by atoms with Crippen LogP contribution in [0, 0.1) is 5.82 Å². The smallest absolute Gasteiger partial charge is 0.318 e. The topological polar surface area (TPSA) is 61.8 Å². The molecule has 1 saturated heterocycles. The summed E-state index contributed by atoms with van der Waals surface area (Å²) in [7, 11) is 1.54. The molecule has 30 heavy (non-hydrogen) atoms. The highest BCUT2D eigenvalue weighted by Crippen LogP contribution is 2.33. The van der Waals surface area contributed by atoms with E-state index in [-0.39, 0.29) is 11.7 Å². The summed E-state index contributed by atoms with van der Waals surface area (Å²) in [5, 5.41) is 0.415. The van der Waals surface area contributed by atoms with Gasteiger partial charge < -0.3 is 14.5 Å². The van der Waals surface area contributed by atoms with Crippen molar-refractivity contribution in [1.29, 1.82) is 0 Å². The molecule has 0 N–H and O–H groups in total. The molecule has 9 heteroatoms. The Kier molecular flexibility index (Phi) is 5.87. The molecule has 0 radical (unpaired) electrons. The molecule has 1 amide bonds. The second kappa shape index (κ2) is 8.57. The molecular weight excluding hydrogens is 409 g/mol. The van der Waals surface area contributed by atoms with Crippen molar-refractivity contribution in [1.82, 2.24) is 19.8 Å². The molecule has 2 aromatic rings. The van der Waals surface area contributed by atoms with E-state index in [4.69, 9.17) is 16.3 Å². The van der Waals surface area contributed by atoms with E-state index in [9.17, 15) is 9.18 Å². The fourth-order valence-corrected chi connectivity index (χ4v) is 4.14. The van der Waals surface area contributed by atoms with E-state index in [2.05, 4.69) is 26.3 Å². The predicted molar refractivity (Wildman–Crippen MR) is 112 cm³/mol. The molecule has 7 nitrogen and oxygen atoms in total. The number of aromatic nitrogens is 2. The van der Waals surface area contributed by atoms with Gasteiger partial charge in [-0.2, -0.15) is 9.97 Å². The first-order chi connectivity index (χ1) is 14.5. The highest BCUT2D eigenvalue weighted by molar-refractivity contribution is 6.31. The van der Waals surface area contributed by atoms with E-state index < -0.39 is 0 Å². The third-order valence-electron chi connectivity index (χ3n) is 5.50. The van der Waals surface area contributed by atoms with Crippen LogP contribution in [0.3, 0.4) is 0 Å². The second-order valence-corrected chi connectivity index (χ2v) is 7.73. The number of amides is 1. The summed E-state index contributed by atoms with van der Waals surface area (Å²) in [6.45, 7) is 7.59. The van der Waals surface area contributed by atoms with Gasteiger partial charge in [0.2, 0.25) is 5.91 Å². The average Bonchev–Trinajstić information content (AvgIpc) is 3.17. The van der Waals surface area contributed by atoms with Gasteiger partial charge >= 0.3 is 6.01 Å². The van der Waals surface area contributed by atoms with E-state index in [1.165, 1.54) is 19.3 Å². The van der Waals surface area contributed by atoms with Crippen molar-refractivity contribution >= 4 is 23.3 Å². The van der Waals surface area contributed by atoms with Gasteiger partial charge in [0, 0.05) is 62.0 Å². The molecule has 0 bridgehead atoms. The monoisotopic (exact) mass is 431 g/mol. The Balaban J connectivity index is 1.55. The molecule has 1 aromatic carbocycles. The minimum Gasteiger partial charge on any atom is -0.467 e. The van der Waals surface area contributed by atoms with Crippen LogP contribution in [0.15, 0.2) is 30.9 Å². The van der Waals surface area contributed by atoms with Crippen molar-refractivity contribution in [3.8, 4) is 6.01 Å². The van der Waals surface area contributed by atoms with Gasteiger partial charge in [0.1, 0.15) is 11.6 Å². The van der Waals surface area contributed by atoms with E-state index in [1.54, 1.807) is 17.0 Å². The number of anilines is 1. The van der Waals surface area contributed by atoms with Crippen molar-refractivity contribution in [3.63, 3.8) is 0 Å². The van der Waals surface area contributed by atoms with Crippen LogP contribution < -0.4 is 9.64 Å². The lowest BCUT2D eigenvalue weighted by Gasteiger charge is -2.35. The van der Waals surface area contributed by atoms with Gasteiger partial charge in [-0.1, -0.05) is 24.2 Å². The van der Waals surface area contributed by atoms with E-state index in [0.29, 0.717) is 62.4 Å². The molecule has 0 saturated carbocycles. The number of halogens is 2. The number of rotatable bonds is 5. The quantitative estimate of drug-likeness (QED) is 0.678. The van der Waals surface area contributed by atoms with Gasteiger partial charge in [-0.25, -0.2) is 4.39 Å². The lowest BCUT2D eigenvalue weighted by atomic mass is 10.2. The number of hydrogen-bond donors (Lipinski definition) is 0. The number of piperazine rings is 1. The van der Waals surface area contributed by atoms with Crippen molar-refractivity contribution in [2.45, 2.75) is 19.6 Å². The van der Waals surface area contributed by atoms with E-state index >= 15 is 0 Å². The number of methoxy groups -OCH3 is 1. The Bertz CT molecular complexity index is 958. The number of ether oxygens (including phenoxy) is 1. The molecule has 0 aliphatic carbocycles. The van der Waals surface area contributed by atoms with Gasteiger partial charge in [-0.05, 0) is 18.2 Å². The number of fused-ring (bicyclic) bond motifs is 1. The molecule has 4 rings (SSSR count). The SMILES string of the molecule is C=CC(=O)N1CCN(c2nc(OC)nc3c2CN(Cc2c(F)cccc2Cl)C3)CC1. The zero-order valence-electron chi connectivity index (χ0n) is 16.8. The normalized spacial score (nSPS) is 16.5. The summed E-state index contributed by atoms with van der Waals surface area (Å²) in [5.41, 5.74) is 2.35. The van der Waals surface area contributed by atoms with Gasteiger partial charge in [-0.15, -0.1) is 0 Å². The Hall–Kier alpha value is -2.71. The standard InChI is InChI=1S/C21H23ClFN5O2/c1-3-19(29)27-7-9-28(10-8-27)20-15-12-26(13-18(15)24-21(25-20)30-2)11-14-16(22)5-4-6-17(14)23/h3-6H,1,7-13H2,2H3. The minimum atomic E-state index is -0.314. The lowest BCUT2D eigenvalue weighted by molar-refractivity contribution is -0.126. The Labute approximate surface area is 179 Å². The number of nitrogens with zero attached hydrogens (tertiary/aromatic N) is 5. The van der Waals surface area contributed by atoms with Crippen molar-refractivity contribution < 1.29 is 13.9 Å². The maximum Gasteiger partial charge on any atom is 0.318 e. The molecule has 1 fully saturated rings. The molecule has 2 aliphatic rings. The Morgan fingerprint density at radius 2 is 2.03 bits per heavy atom. The predicted octanol–water partition coefficient (Wildman–Crippen LogP) is 2.63. The van der Waals surface area contributed by atoms with E-state index in [1.807, 2.05) is 0 Å². The molecular formula is C21H23ClFN5O2. The zero-order valence-corrected chi connectivity index (χ0v) is 17.5. The lowest BCUT2D eigenvalue weighted by Crippen LogP contribution is -2.48. The number of carbonyl (C=O) groups excluding carboxylic acids is 1. The maximum absolute atomic E-state index is 14.2. The number of hydrogen-bond acceptors (Lipinski definition) is 6. The van der Waals surface area contributed by atoms with Gasteiger partial charge in [0.25, 0.3) is 0 Å². The second-order valence-electron chi connectivity index (χ2n) is 7.32. The number of benzene rings is 1. The average molecular weight is 432 g/mol. The summed E-state index contributed by atoms with van der Waals surface area (Å²) in [4.78, 5) is 27.0. The van der Waals surface area contributed by atoms with Crippen LogP contribution in [0.5, 0.6) is 6.01 Å². The summed E-state index contributed by atoms with van der Waals surface area (Å²) >= 11 is 6.21. The van der Waals surface area contributed by atoms with Gasteiger partial charge in [0.05, 0.1) is 12.8 Å². The first-order valence-electron chi connectivity index (χ1n) is 9.75. The fraction of sp³-hybridized carbons (Fsp3) is 0.381. The van der Waals surface area contributed by atoms with Crippen LogP contribution in [0.1, 0.15) is 16.8 Å². The fourth-order valence-electron chi connectivity index (χ4n) is 3.92. The number of carbonyl (C=O) groups is 1. The highest BCUT2D eigenvalue weighted by atomic mass is 35.5. The van der Waals surface area contributed by atoms with Gasteiger partial charge in [-0.3, -0.25) is 9.69 Å². The highest BCUT2D eigenvalue weighted by Gasteiger charge is 2.30. The Morgan fingerprint density at radius 3 is 2.70 bits per heavy atom. The summed E-state index contributed by atoms with van der Waals surface area (Å²) in [6, 6.07) is 5.02. The van der Waals surface area contributed by atoms with Crippen LogP contribution in [0.4, 0.5) is 10.2 Å². The van der Waals surface area contributed by atoms with E-state index in [0.717, 1.165) is 17.1 Å². The van der Waals surface area contributed by atoms with Crippen LogP contribution in [-0.2, 0) is 24.4 Å². The first-order valence-corrected chi connectivity index (χ1v) is 10.1. The summed E-state index contributed by atoms with van der Waals surface area (Å²) in [5.74, 6) is 0.433. The van der Waals surface area contributed by atoms with Crippen molar-refractivity contribution in [2.24, 2.45) is 0 Å². The zero-order chi connectivity index (χ0) is 21.3. The molecule has 158 valence electrons.